The molecule has 3 nitrogen and oxygen atoms in total. The predicted octanol–water partition coefficient (Wildman–Crippen LogP) is 7.19. The van der Waals surface area contributed by atoms with E-state index in [0.717, 1.165) is 25.7 Å². The first-order chi connectivity index (χ1) is 12.1. The Morgan fingerprint density at radius 2 is 1.08 bits per heavy atom. The summed E-state index contributed by atoms with van der Waals surface area (Å²) in [7, 11) is 0. The van der Waals surface area contributed by atoms with Crippen LogP contribution in [0.25, 0.3) is 0 Å². The molecule has 2 atom stereocenters. The minimum atomic E-state index is 0.0194. The zero-order valence-electron chi connectivity index (χ0n) is 15.8. The molecule has 0 fully saturated rings. The summed E-state index contributed by atoms with van der Waals surface area (Å²) < 4.78 is 0. The minimum absolute atomic E-state index is 0.0194. The van der Waals surface area contributed by atoms with Gasteiger partial charge in [-0.25, -0.2) is 15.0 Å². The number of unbranched alkanes of at least 4 members (excludes halogenated alkanes) is 8. The van der Waals surface area contributed by atoms with Gasteiger partial charge in [0.25, 0.3) is 0 Å². The van der Waals surface area contributed by atoms with Crippen molar-refractivity contribution < 1.29 is 0 Å². The fourth-order valence-corrected chi connectivity index (χ4v) is 3.59. The molecule has 1 aromatic rings. The third-order valence-electron chi connectivity index (χ3n) is 4.40. The van der Waals surface area contributed by atoms with Crippen molar-refractivity contribution in [2.75, 3.05) is 0 Å². The molecule has 0 aromatic carbocycles. The van der Waals surface area contributed by atoms with Crippen molar-refractivity contribution in [1.82, 2.24) is 15.0 Å². The second kappa shape index (κ2) is 14.1. The molecule has 0 radical (unpaired) electrons. The van der Waals surface area contributed by atoms with Crippen LogP contribution >= 0.6 is 36.9 Å². The molecule has 0 aliphatic carbocycles. The first-order valence-electron chi connectivity index (χ1n) is 9.86. The molecule has 0 N–H and O–H groups in total. The Morgan fingerprint density at radius 3 is 1.48 bits per heavy atom. The third kappa shape index (κ3) is 10.0. The monoisotopic (exact) mass is 403 g/mol. The largest absolute Gasteiger partial charge is 0.225 e. The van der Waals surface area contributed by atoms with Gasteiger partial charge in [0.2, 0.25) is 5.28 Å². The summed E-state index contributed by atoms with van der Waals surface area (Å²) in [5, 5.41) is 0.298. The molecule has 0 aliphatic heterocycles. The highest BCUT2D eigenvalue weighted by Gasteiger charge is 2.17. The zero-order valence-corrected chi connectivity index (χ0v) is 18.3. The van der Waals surface area contributed by atoms with E-state index < -0.39 is 0 Å². The van der Waals surface area contributed by atoms with Crippen LogP contribution < -0.4 is 0 Å². The fourth-order valence-electron chi connectivity index (χ4n) is 2.82. The van der Waals surface area contributed by atoms with Gasteiger partial charge < -0.3 is 0 Å². The topological polar surface area (TPSA) is 38.7 Å². The van der Waals surface area contributed by atoms with Gasteiger partial charge in [-0.15, -0.1) is 0 Å². The van der Waals surface area contributed by atoms with Gasteiger partial charge in [0.05, 0.1) is 10.5 Å². The molecule has 2 unspecified atom stereocenters. The Morgan fingerprint density at radius 1 is 0.680 bits per heavy atom. The van der Waals surface area contributed by atoms with Gasteiger partial charge in [-0.3, -0.25) is 0 Å². The SMILES string of the molecule is CCCCCCCC(S)c1nc(Cl)nc(C(S)CCCCCCC)n1. The van der Waals surface area contributed by atoms with Crippen molar-refractivity contribution in [3.63, 3.8) is 0 Å². The second-order valence-corrected chi connectivity index (χ2v) is 8.34. The molecule has 144 valence electrons. The molecular weight excluding hydrogens is 370 g/mol. The summed E-state index contributed by atoms with van der Waals surface area (Å²) in [6.45, 7) is 4.46. The van der Waals surface area contributed by atoms with Crippen LogP contribution in [0.2, 0.25) is 5.28 Å². The quantitative estimate of drug-likeness (QED) is 0.255. The second-order valence-electron chi connectivity index (χ2n) is 6.76. The van der Waals surface area contributed by atoms with Crippen LogP contribution in [0.4, 0.5) is 0 Å². The van der Waals surface area contributed by atoms with Crippen molar-refractivity contribution in [2.24, 2.45) is 0 Å². The van der Waals surface area contributed by atoms with Crippen LogP contribution in [0.15, 0.2) is 0 Å². The maximum atomic E-state index is 6.11. The van der Waals surface area contributed by atoms with Crippen LogP contribution in [-0.4, -0.2) is 15.0 Å². The zero-order chi connectivity index (χ0) is 18.5. The minimum Gasteiger partial charge on any atom is -0.215 e. The van der Waals surface area contributed by atoms with Crippen LogP contribution in [-0.2, 0) is 0 Å². The number of aromatic nitrogens is 3. The van der Waals surface area contributed by atoms with E-state index in [1.54, 1.807) is 0 Å². The highest BCUT2D eigenvalue weighted by molar-refractivity contribution is 7.80. The average molecular weight is 404 g/mol. The van der Waals surface area contributed by atoms with Gasteiger partial charge >= 0.3 is 0 Å². The predicted molar refractivity (Wildman–Crippen MR) is 115 cm³/mol. The van der Waals surface area contributed by atoms with Crippen molar-refractivity contribution in [2.45, 2.75) is 101 Å². The molecular formula is C19H34ClN3S2. The molecule has 0 aliphatic rings. The molecule has 6 heteroatoms. The Kier molecular flexibility index (Phi) is 13.0. The van der Waals surface area contributed by atoms with E-state index in [9.17, 15) is 0 Å². The van der Waals surface area contributed by atoms with E-state index in [1.165, 1.54) is 51.4 Å². The number of hydrogen-bond acceptors (Lipinski definition) is 5. The number of hydrogen-bond donors (Lipinski definition) is 2. The van der Waals surface area contributed by atoms with E-state index in [4.69, 9.17) is 11.6 Å². The standard InChI is InChI=1S/C19H34ClN3S2/c1-3-5-7-9-11-13-15(24)17-21-18(23-19(20)22-17)16(25)14-12-10-8-6-4-2/h15-16,24-25H,3-14H2,1-2H3. The maximum absolute atomic E-state index is 6.11. The van der Waals surface area contributed by atoms with Crippen molar-refractivity contribution in [3.05, 3.63) is 16.9 Å². The van der Waals surface area contributed by atoms with E-state index >= 15 is 0 Å². The summed E-state index contributed by atoms with van der Waals surface area (Å²) in [6, 6.07) is 0. The van der Waals surface area contributed by atoms with Crippen molar-refractivity contribution >= 4 is 36.9 Å². The summed E-state index contributed by atoms with van der Waals surface area (Å²) in [4.78, 5) is 13.2. The highest BCUT2D eigenvalue weighted by Crippen LogP contribution is 2.28. The van der Waals surface area contributed by atoms with E-state index in [1.807, 2.05) is 0 Å². The smallest absolute Gasteiger partial charge is 0.215 e. The average Bonchev–Trinajstić information content (AvgIpc) is 2.60. The molecule has 0 spiro atoms. The lowest BCUT2D eigenvalue weighted by atomic mass is 10.1. The van der Waals surface area contributed by atoms with Gasteiger partial charge in [0.15, 0.2) is 0 Å². The molecule has 25 heavy (non-hydrogen) atoms. The Balaban J connectivity index is 2.50. The summed E-state index contributed by atoms with van der Waals surface area (Å²) in [6.07, 6.45) is 14.4. The van der Waals surface area contributed by atoms with Crippen LogP contribution in [0.1, 0.15) is 113 Å². The molecule has 1 rings (SSSR count). The van der Waals surface area contributed by atoms with E-state index in [2.05, 4.69) is 54.1 Å². The lowest BCUT2D eigenvalue weighted by molar-refractivity contribution is 0.584. The van der Waals surface area contributed by atoms with Crippen LogP contribution in [0.5, 0.6) is 0 Å². The number of thiol groups is 2. The van der Waals surface area contributed by atoms with Gasteiger partial charge in [-0.1, -0.05) is 78.1 Å². The first-order valence-corrected chi connectivity index (χ1v) is 11.3. The van der Waals surface area contributed by atoms with Gasteiger partial charge in [-0.2, -0.15) is 25.3 Å². The lowest BCUT2D eigenvalue weighted by Gasteiger charge is -2.14. The summed E-state index contributed by atoms with van der Waals surface area (Å²) >= 11 is 15.5. The van der Waals surface area contributed by atoms with E-state index in [0.29, 0.717) is 11.6 Å². The summed E-state index contributed by atoms with van der Waals surface area (Å²) in [5.74, 6) is 1.39. The van der Waals surface area contributed by atoms with Crippen LogP contribution in [0, 0.1) is 0 Å². The molecule has 0 amide bonds. The van der Waals surface area contributed by atoms with Gasteiger partial charge in [0, 0.05) is 0 Å². The fraction of sp³-hybridized carbons (Fsp3) is 0.842. The van der Waals surface area contributed by atoms with Gasteiger partial charge in [0.1, 0.15) is 11.6 Å². The Hall–Kier alpha value is -0.000000000000000111. The normalized spacial score (nSPS) is 13.8. The number of nitrogens with zero attached hydrogens (tertiary/aromatic N) is 3. The summed E-state index contributed by atoms with van der Waals surface area (Å²) in [5.41, 5.74) is 0. The van der Waals surface area contributed by atoms with Crippen molar-refractivity contribution in [3.8, 4) is 0 Å². The maximum Gasteiger partial charge on any atom is 0.225 e. The van der Waals surface area contributed by atoms with E-state index in [-0.39, 0.29) is 15.8 Å². The molecule has 1 aromatic heterocycles. The lowest BCUT2D eigenvalue weighted by Crippen LogP contribution is -2.08. The molecule has 0 saturated heterocycles. The number of rotatable bonds is 14. The highest BCUT2D eigenvalue weighted by atomic mass is 35.5. The number of halogens is 1. The first kappa shape index (κ1) is 23.0. The third-order valence-corrected chi connectivity index (χ3v) is 5.55. The Labute approximate surface area is 170 Å². The van der Waals surface area contributed by atoms with Gasteiger partial charge in [-0.05, 0) is 24.4 Å². The van der Waals surface area contributed by atoms with Crippen molar-refractivity contribution in [1.29, 1.82) is 0 Å². The molecule has 0 saturated carbocycles. The van der Waals surface area contributed by atoms with Crippen LogP contribution in [0.3, 0.4) is 0 Å². The molecule has 1 heterocycles. The molecule has 0 bridgehead atoms. The Bertz CT molecular complexity index is 436.